The molecule has 1 aromatic rings. The Labute approximate surface area is 138 Å². The van der Waals surface area contributed by atoms with Crippen LogP contribution in [0.3, 0.4) is 0 Å². The Hall–Kier alpha value is -1.11. The fourth-order valence-corrected chi connectivity index (χ4v) is 2.76. The first-order valence-electron chi connectivity index (χ1n) is 8.99. The van der Waals surface area contributed by atoms with E-state index < -0.39 is 0 Å². The number of ketones is 1. The summed E-state index contributed by atoms with van der Waals surface area (Å²) >= 11 is 0. The standard InChI is InChI=1S/C15H24.C6H12O/c1-4-6-7-8-12-15-13(3)10-9-11-14(15)5-2;1-5(2)4-6(3)7/h9-11H,4-8,12H2,1-3H3;5H,4H2,1-3H3. The second-order valence-corrected chi connectivity index (χ2v) is 6.68. The molecule has 1 heteroatoms. The van der Waals surface area contributed by atoms with Gasteiger partial charge >= 0.3 is 0 Å². The molecule has 0 aliphatic rings. The van der Waals surface area contributed by atoms with Gasteiger partial charge in [-0.3, -0.25) is 0 Å². The molecule has 0 saturated carbocycles. The van der Waals surface area contributed by atoms with Gasteiger partial charge in [-0.15, -0.1) is 0 Å². The molecular weight excluding hydrogens is 268 g/mol. The predicted octanol–water partition coefficient (Wildman–Crippen LogP) is 6.30. The maximum absolute atomic E-state index is 10.3. The van der Waals surface area contributed by atoms with Gasteiger partial charge in [0.25, 0.3) is 0 Å². The van der Waals surface area contributed by atoms with Gasteiger partial charge in [0.1, 0.15) is 5.78 Å². The van der Waals surface area contributed by atoms with E-state index in [1.165, 1.54) is 44.1 Å². The van der Waals surface area contributed by atoms with Crippen LogP contribution in [0, 0.1) is 12.8 Å². The fourth-order valence-electron chi connectivity index (χ4n) is 2.76. The molecule has 0 aliphatic heterocycles. The van der Waals surface area contributed by atoms with Gasteiger partial charge in [0.15, 0.2) is 0 Å². The van der Waals surface area contributed by atoms with Crippen LogP contribution in [0.4, 0.5) is 0 Å². The van der Waals surface area contributed by atoms with Crippen LogP contribution in [0.2, 0.25) is 0 Å². The van der Waals surface area contributed by atoms with E-state index in [4.69, 9.17) is 0 Å². The van der Waals surface area contributed by atoms with Crippen LogP contribution >= 0.6 is 0 Å². The number of carbonyl (C=O) groups is 1. The van der Waals surface area contributed by atoms with Crippen molar-refractivity contribution in [3.05, 3.63) is 34.9 Å². The van der Waals surface area contributed by atoms with Crippen molar-refractivity contribution in [1.29, 1.82) is 0 Å². The molecule has 22 heavy (non-hydrogen) atoms. The van der Waals surface area contributed by atoms with Crippen molar-refractivity contribution in [3.63, 3.8) is 0 Å². The highest BCUT2D eigenvalue weighted by molar-refractivity contribution is 5.75. The molecule has 1 rings (SSSR count). The minimum atomic E-state index is 0.287. The van der Waals surface area contributed by atoms with E-state index in [-0.39, 0.29) is 5.78 Å². The predicted molar refractivity (Wildman–Crippen MR) is 98.5 cm³/mol. The molecular formula is C21H36O. The molecule has 0 saturated heterocycles. The number of Topliss-reactive ketones (excluding diaryl/α,β-unsaturated/α-hetero) is 1. The van der Waals surface area contributed by atoms with E-state index in [1.807, 2.05) is 13.8 Å². The van der Waals surface area contributed by atoms with Crippen LogP contribution in [-0.2, 0) is 17.6 Å². The van der Waals surface area contributed by atoms with Crippen molar-refractivity contribution < 1.29 is 4.79 Å². The van der Waals surface area contributed by atoms with E-state index in [9.17, 15) is 4.79 Å². The zero-order valence-corrected chi connectivity index (χ0v) is 15.7. The summed E-state index contributed by atoms with van der Waals surface area (Å²) in [6.07, 6.45) is 8.61. The van der Waals surface area contributed by atoms with Crippen LogP contribution in [0.5, 0.6) is 0 Å². The second kappa shape index (κ2) is 12.4. The van der Waals surface area contributed by atoms with Gasteiger partial charge in [0, 0.05) is 6.42 Å². The number of unbranched alkanes of at least 4 members (excludes halogenated alkanes) is 3. The molecule has 1 nitrogen and oxygen atoms in total. The number of rotatable bonds is 8. The highest BCUT2D eigenvalue weighted by Gasteiger charge is 2.03. The van der Waals surface area contributed by atoms with E-state index in [0.717, 1.165) is 6.42 Å². The summed E-state index contributed by atoms with van der Waals surface area (Å²) in [5.74, 6) is 0.813. The molecule has 0 aliphatic carbocycles. The Bertz CT molecular complexity index is 418. The number of benzene rings is 1. The average Bonchev–Trinajstić information content (AvgIpc) is 2.44. The molecule has 0 N–H and O–H groups in total. The van der Waals surface area contributed by atoms with Gasteiger partial charge in [-0.25, -0.2) is 0 Å². The van der Waals surface area contributed by atoms with Crippen molar-refractivity contribution in [1.82, 2.24) is 0 Å². The highest BCUT2D eigenvalue weighted by Crippen LogP contribution is 2.18. The number of aryl methyl sites for hydroxylation is 2. The van der Waals surface area contributed by atoms with Gasteiger partial charge < -0.3 is 4.79 Å². The molecule has 126 valence electrons. The Morgan fingerprint density at radius 1 is 1.09 bits per heavy atom. The second-order valence-electron chi connectivity index (χ2n) is 6.68. The van der Waals surface area contributed by atoms with Gasteiger partial charge in [-0.1, -0.05) is 65.2 Å². The minimum Gasteiger partial charge on any atom is -0.300 e. The summed E-state index contributed by atoms with van der Waals surface area (Å²) in [5.41, 5.74) is 4.63. The van der Waals surface area contributed by atoms with E-state index in [1.54, 1.807) is 18.1 Å². The lowest BCUT2D eigenvalue weighted by Gasteiger charge is -2.11. The van der Waals surface area contributed by atoms with E-state index >= 15 is 0 Å². The lowest BCUT2D eigenvalue weighted by Crippen LogP contribution is -1.96. The summed E-state index contributed by atoms with van der Waals surface area (Å²) in [6, 6.07) is 6.71. The third-order valence-corrected chi connectivity index (χ3v) is 3.86. The van der Waals surface area contributed by atoms with Gasteiger partial charge in [0.2, 0.25) is 0 Å². The number of carbonyl (C=O) groups excluding carboxylic acids is 1. The van der Waals surface area contributed by atoms with Crippen LogP contribution in [-0.4, -0.2) is 5.78 Å². The van der Waals surface area contributed by atoms with E-state index in [0.29, 0.717) is 5.92 Å². The average molecular weight is 305 g/mol. The van der Waals surface area contributed by atoms with Gasteiger partial charge in [-0.05, 0) is 55.7 Å². The highest BCUT2D eigenvalue weighted by atomic mass is 16.1. The molecule has 0 bridgehead atoms. The summed E-state index contributed by atoms with van der Waals surface area (Å²) < 4.78 is 0. The van der Waals surface area contributed by atoms with Crippen molar-refractivity contribution in [2.45, 2.75) is 86.5 Å². The zero-order valence-electron chi connectivity index (χ0n) is 15.7. The molecule has 0 fully saturated rings. The van der Waals surface area contributed by atoms with Gasteiger partial charge in [0.05, 0.1) is 0 Å². The first-order valence-corrected chi connectivity index (χ1v) is 8.99. The normalized spacial score (nSPS) is 10.3. The topological polar surface area (TPSA) is 17.1 Å². The third-order valence-electron chi connectivity index (χ3n) is 3.86. The molecule has 0 atom stereocenters. The van der Waals surface area contributed by atoms with Gasteiger partial charge in [-0.2, -0.15) is 0 Å². The third kappa shape index (κ3) is 9.76. The lowest BCUT2D eigenvalue weighted by molar-refractivity contribution is -0.117. The first kappa shape index (κ1) is 20.9. The zero-order chi connectivity index (χ0) is 17.0. The van der Waals surface area contributed by atoms with Crippen molar-refractivity contribution in [2.75, 3.05) is 0 Å². The van der Waals surface area contributed by atoms with Crippen LogP contribution in [0.15, 0.2) is 18.2 Å². The lowest BCUT2D eigenvalue weighted by atomic mass is 9.95. The van der Waals surface area contributed by atoms with Crippen molar-refractivity contribution in [2.24, 2.45) is 5.92 Å². The largest absolute Gasteiger partial charge is 0.300 e. The molecule has 0 spiro atoms. The Kier molecular flexibility index (Phi) is 11.8. The first-order chi connectivity index (χ1) is 10.4. The maximum atomic E-state index is 10.3. The summed E-state index contributed by atoms with van der Waals surface area (Å²) in [5, 5.41) is 0. The molecule has 0 unspecified atom stereocenters. The summed E-state index contributed by atoms with van der Waals surface area (Å²) in [6.45, 7) is 12.5. The Balaban J connectivity index is 0.000000534. The molecule has 0 radical (unpaired) electrons. The Morgan fingerprint density at radius 3 is 2.23 bits per heavy atom. The monoisotopic (exact) mass is 304 g/mol. The quantitative estimate of drug-likeness (QED) is 0.515. The number of hydrogen-bond acceptors (Lipinski definition) is 1. The molecule has 0 amide bonds. The van der Waals surface area contributed by atoms with Crippen LogP contribution in [0.1, 0.15) is 83.4 Å². The summed E-state index contributed by atoms with van der Waals surface area (Å²) in [4.78, 5) is 10.3. The fraction of sp³-hybridized carbons (Fsp3) is 0.667. The SMILES string of the molecule is CC(=O)CC(C)C.CCCCCCc1c(C)cccc1CC. The summed E-state index contributed by atoms with van der Waals surface area (Å²) in [7, 11) is 0. The van der Waals surface area contributed by atoms with E-state index in [2.05, 4.69) is 39.0 Å². The van der Waals surface area contributed by atoms with Crippen LogP contribution < -0.4 is 0 Å². The molecule has 0 heterocycles. The maximum Gasteiger partial charge on any atom is 0.130 e. The minimum absolute atomic E-state index is 0.287. The van der Waals surface area contributed by atoms with Crippen LogP contribution in [0.25, 0.3) is 0 Å². The van der Waals surface area contributed by atoms with Crippen molar-refractivity contribution in [3.8, 4) is 0 Å². The molecule has 1 aromatic carbocycles. The molecule has 0 aromatic heterocycles. The van der Waals surface area contributed by atoms with Crippen molar-refractivity contribution >= 4 is 5.78 Å². The smallest absolute Gasteiger partial charge is 0.130 e. The Morgan fingerprint density at radius 2 is 1.77 bits per heavy atom. The number of hydrogen-bond donors (Lipinski definition) is 0.